The number of aromatic nitrogens is 2. The van der Waals surface area contributed by atoms with Crippen molar-refractivity contribution in [3.8, 4) is 5.75 Å². The van der Waals surface area contributed by atoms with Gasteiger partial charge in [-0.05, 0) is 43.3 Å². The fourth-order valence-corrected chi connectivity index (χ4v) is 3.42. The topological polar surface area (TPSA) is 113 Å². The van der Waals surface area contributed by atoms with Crippen LogP contribution in [0, 0.1) is 0 Å². The van der Waals surface area contributed by atoms with Gasteiger partial charge in [0.15, 0.2) is 5.16 Å². The molecule has 3 aromatic rings. The highest BCUT2D eigenvalue weighted by Crippen LogP contribution is 2.21. The lowest BCUT2D eigenvalue weighted by atomic mass is 10.2. The van der Waals surface area contributed by atoms with Crippen LogP contribution < -0.4 is 20.9 Å². The third-order valence-corrected chi connectivity index (χ3v) is 5.02. The van der Waals surface area contributed by atoms with Gasteiger partial charge >= 0.3 is 0 Å². The van der Waals surface area contributed by atoms with Gasteiger partial charge in [0, 0.05) is 24.4 Å². The number of ether oxygens (including phenoxy) is 1. The predicted molar refractivity (Wildman–Crippen MR) is 120 cm³/mol. The van der Waals surface area contributed by atoms with Crippen LogP contribution in [0.25, 0.3) is 0 Å². The number of thioether (sulfide) groups is 1. The highest BCUT2D eigenvalue weighted by Gasteiger charge is 2.17. The summed E-state index contributed by atoms with van der Waals surface area (Å²) >= 11 is 1.14. The molecule has 31 heavy (non-hydrogen) atoms. The van der Waals surface area contributed by atoms with Crippen LogP contribution in [0.15, 0.2) is 70.6 Å². The van der Waals surface area contributed by atoms with E-state index in [0.717, 1.165) is 11.8 Å². The Kier molecular flexibility index (Phi) is 7.45. The number of rotatable bonds is 8. The van der Waals surface area contributed by atoms with E-state index in [9.17, 15) is 14.4 Å². The van der Waals surface area contributed by atoms with Crippen LogP contribution in [0.3, 0.4) is 0 Å². The van der Waals surface area contributed by atoms with Crippen LogP contribution in [0.4, 0.5) is 11.4 Å². The summed E-state index contributed by atoms with van der Waals surface area (Å²) in [7, 11) is 0. The highest BCUT2D eigenvalue weighted by molar-refractivity contribution is 8.00. The van der Waals surface area contributed by atoms with Crippen LogP contribution in [-0.2, 0) is 16.2 Å². The Morgan fingerprint density at radius 2 is 1.71 bits per heavy atom. The molecule has 0 spiro atoms. The summed E-state index contributed by atoms with van der Waals surface area (Å²) in [6, 6.07) is 17.4. The fourth-order valence-electron chi connectivity index (χ4n) is 2.59. The van der Waals surface area contributed by atoms with Gasteiger partial charge in [0.1, 0.15) is 12.4 Å². The Morgan fingerprint density at radius 1 is 1.06 bits per heavy atom. The second-order valence-corrected chi connectivity index (χ2v) is 7.98. The SMILES string of the molecule is CC(=O)Nc1ccc(NC(=O)C(C)Sc2nc(COc3ccccc3)cc(=O)[nH]2)cc1. The second kappa shape index (κ2) is 10.4. The number of benzene rings is 2. The van der Waals surface area contributed by atoms with Gasteiger partial charge in [-0.15, -0.1) is 0 Å². The maximum atomic E-state index is 12.5. The third-order valence-electron chi connectivity index (χ3n) is 4.03. The molecular weight excluding hydrogens is 416 g/mol. The molecule has 0 fully saturated rings. The number of carbonyl (C=O) groups is 2. The van der Waals surface area contributed by atoms with Crippen LogP contribution >= 0.6 is 11.8 Å². The standard InChI is InChI=1S/C22H22N4O4S/c1-14(21(29)24-17-10-8-16(9-11-17)23-15(2)27)31-22-25-18(12-20(28)26-22)13-30-19-6-4-3-5-7-19/h3-12,14H,13H2,1-2H3,(H,23,27)(H,24,29)(H,25,26,28). The second-order valence-electron chi connectivity index (χ2n) is 6.65. The van der Waals surface area contributed by atoms with Crippen LogP contribution in [0.1, 0.15) is 19.5 Å². The molecule has 1 heterocycles. The van der Waals surface area contributed by atoms with Crippen molar-refractivity contribution in [3.05, 3.63) is 76.7 Å². The zero-order valence-electron chi connectivity index (χ0n) is 17.0. The molecule has 0 aliphatic rings. The third kappa shape index (κ3) is 7.00. The predicted octanol–water partition coefficient (Wildman–Crippen LogP) is 3.43. The zero-order chi connectivity index (χ0) is 22.2. The van der Waals surface area contributed by atoms with E-state index in [1.807, 2.05) is 30.3 Å². The first kappa shape index (κ1) is 22.1. The normalized spacial score (nSPS) is 11.4. The minimum absolute atomic E-state index is 0.142. The number of hydrogen-bond donors (Lipinski definition) is 3. The molecule has 0 bridgehead atoms. The number of hydrogen-bond acceptors (Lipinski definition) is 6. The van der Waals surface area contributed by atoms with Crippen molar-refractivity contribution in [2.24, 2.45) is 0 Å². The number of amides is 2. The van der Waals surface area contributed by atoms with E-state index in [0.29, 0.717) is 28.0 Å². The minimum Gasteiger partial charge on any atom is -0.487 e. The smallest absolute Gasteiger partial charge is 0.251 e. The molecule has 0 saturated heterocycles. The van der Waals surface area contributed by atoms with E-state index in [-0.39, 0.29) is 24.0 Å². The molecule has 160 valence electrons. The number of nitrogens with one attached hydrogen (secondary N) is 3. The first-order valence-electron chi connectivity index (χ1n) is 9.52. The molecular formula is C22H22N4O4S. The number of carbonyl (C=O) groups excluding carboxylic acids is 2. The van der Waals surface area contributed by atoms with Crippen molar-refractivity contribution < 1.29 is 14.3 Å². The number of H-pyrrole nitrogens is 1. The average molecular weight is 439 g/mol. The lowest BCUT2D eigenvalue weighted by Crippen LogP contribution is -2.23. The fraction of sp³-hybridized carbons (Fsp3) is 0.182. The van der Waals surface area contributed by atoms with E-state index in [1.54, 1.807) is 31.2 Å². The monoisotopic (exact) mass is 438 g/mol. The molecule has 0 radical (unpaired) electrons. The summed E-state index contributed by atoms with van der Waals surface area (Å²) in [4.78, 5) is 42.6. The van der Waals surface area contributed by atoms with Crippen molar-refractivity contribution >= 4 is 35.0 Å². The van der Waals surface area contributed by atoms with Gasteiger partial charge < -0.3 is 20.4 Å². The molecule has 2 aromatic carbocycles. The summed E-state index contributed by atoms with van der Waals surface area (Å²) in [6.45, 7) is 3.29. The Labute approximate surface area is 183 Å². The number of aromatic amines is 1. The molecule has 3 N–H and O–H groups in total. The van der Waals surface area contributed by atoms with Crippen LogP contribution in [0.2, 0.25) is 0 Å². The van der Waals surface area contributed by atoms with Gasteiger partial charge in [0.2, 0.25) is 11.8 Å². The van der Waals surface area contributed by atoms with Crippen molar-refractivity contribution in [3.63, 3.8) is 0 Å². The summed E-state index contributed by atoms with van der Waals surface area (Å²) in [6.07, 6.45) is 0. The Hall–Kier alpha value is -3.59. The quantitative estimate of drug-likeness (QED) is 0.367. The number of nitrogens with zero attached hydrogens (tertiary/aromatic N) is 1. The van der Waals surface area contributed by atoms with Gasteiger partial charge in [-0.3, -0.25) is 14.4 Å². The van der Waals surface area contributed by atoms with Crippen LogP contribution in [-0.4, -0.2) is 27.0 Å². The minimum atomic E-state index is -0.511. The van der Waals surface area contributed by atoms with Gasteiger partial charge in [-0.2, -0.15) is 0 Å². The zero-order valence-corrected chi connectivity index (χ0v) is 17.9. The Balaban J connectivity index is 1.59. The van der Waals surface area contributed by atoms with Gasteiger partial charge in [-0.25, -0.2) is 4.98 Å². The molecule has 0 aliphatic heterocycles. The highest BCUT2D eigenvalue weighted by atomic mass is 32.2. The summed E-state index contributed by atoms with van der Waals surface area (Å²) in [5.41, 5.74) is 1.39. The first-order valence-corrected chi connectivity index (χ1v) is 10.4. The molecule has 1 atom stereocenters. The summed E-state index contributed by atoms with van der Waals surface area (Å²) in [5, 5.41) is 5.29. The average Bonchev–Trinajstić information content (AvgIpc) is 2.73. The van der Waals surface area contributed by atoms with E-state index >= 15 is 0 Å². The van der Waals surface area contributed by atoms with E-state index < -0.39 is 5.25 Å². The lowest BCUT2D eigenvalue weighted by Gasteiger charge is -2.12. The Morgan fingerprint density at radius 3 is 2.35 bits per heavy atom. The van der Waals surface area contributed by atoms with Gasteiger partial charge in [0.25, 0.3) is 5.56 Å². The molecule has 0 saturated carbocycles. The molecule has 8 nitrogen and oxygen atoms in total. The first-order chi connectivity index (χ1) is 14.9. The van der Waals surface area contributed by atoms with E-state index in [1.165, 1.54) is 13.0 Å². The van der Waals surface area contributed by atoms with Crippen molar-refractivity contribution in [2.75, 3.05) is 10.6 Å². The maximum absolute atomic E-state index is 12.5. The lowest BCUT2D eigenvalue weighted by molar-refractivity contribution is -0.115. The van der Waals surface area contributed by atoms with E-state index in [2.05, 4.69) is 20.6 Å². The largest absolute Gasteiger partial charge is 0.487 e. The molecule has 1 aromatic heterocycles. The maximum Gasteiger partial charge on any atom is 0.251 e. The van der Waals surface area contributed by atoms with Crippen LogP contribution in [0.5, 0.6) is 5.75 Å². The van der Waals surface area contributed by atoms with Crippen molar-refractivity contribution in [1.29, 1.82) is 0 Å². The summed E-state index contributed by atoms with van der Waals surface area (Å²) < 4.78 is 5.64. The molecule has 1 unspecified atom stereocenters. The number of para-hydroxylation sites is 1. The van der Waals surface area contributed by atoms with E-state index in [4.69, 9.17) is 4.74 Å². The molecule has 2 amide bonds. The molecule has 9 heteroatoms. The summed E-state index contributed by atoms with van der Waals surface area (Å²) in [5.74, 6) is 0.265. The molecule has 0 aliphatic carbocycles. The number of anilines is 2. The molecule has 3 rings (SSSR count). The van der Waals surface area contributed by atoms with Gasteiger partial charge in [0.05, 0.1) is 10.9 Å². The Bertz CT molecular complexity index is 1100. The van der Waals surface area contributed by atoms with Crippen molar-refractivity contribution in [2.45, 2.75) is 30.9 Å². The van der Waals surface area contributed by atoms with Gasteiger partial charge in [-0.1, -0.05) is 30.0 Å². The van der Waals surface area contributed by atoms with Crippen molar-refractivity contribution in [1.82, 2.24) is 9.97 Å².